The Morgan fingerprint density at radius 2 is 1.84 bits per heavy atom. The van der Waals surface area contributed by atoms with E-state index in [2.05, 4.69) is 21.2 Å². The van der Waals surface area contributed by atoms with Gasteiger partial charge in [-0.3, -0.25) is 18.7 Å². The molecule has 0 atom stereocenters. The molecule has 4 aromatic rings. The Morgan fingerprint density at radius 1 is 1.08 bits per heavy atom. The Balaban J connectivity index is 1.77. The summed E-state index contributed by atoms with van der Waals surface area (Å²) in [4.78, 5) is 42.6. The van der Waals surface area contributed by atoms with Crippen LogP contribution in [0.15, 0.2) is 67.4 Å². The first kappa shape index (κ1) is 25.9. The number of likely N-dealkylation sites (N-methyl/N-ethyl adjacent to an activating group) is 1. The summed E-state index contributed by atoms with van der Waals surface area (Å²) in [6.45, 7) is 1.15. The van der Waals surface area contributed by atoms with E-state index in [0.29, 0.717) is 41.9 Å². The largest absolute Gasteiger partial charge is 0.492 e. The monoisotopic (exact) mass is 583 g/mol. The summed E-state index contributed by atoms with van der Waals surface area (Å²) >= 11 is 3.23. The van der Waals surface area contributed by atoms with Crippen LogP contribution in [0, 0.1) is 5.82 Å². The van der Waals surface area contributed by atoms with Crippen LogP contribution in [0.5, 0.6) is 5.75 Å². The molecule has 38 heavy (non-hydrogen) atoms. The van der Waals surface area contributed by atoms with Gasteiger partial charge in [0.05, 0.1) is 17.1 Å². The second-order valence-electron chi connectivity index (χ2n) is 9.58. The summed E-state index contributed by atoms with van der Waals surface area (Å²) < 4.78 is 25.0. The Hall–Kier alpha value is -3.70. The molecule has 1 fully saturated rings. The molecule has 0 radical (unpaired) electrons. The van der Waals surface area contributed by atoms with Gasteiger partial charge in [-0.2, -0.15) is 0 Å². The number of nitrogens with one attached hydrogen (secondary N) is 1. The highest BCUT2D eigenvalue weighted by Gasteiger charge is 2.31. The molecule has 2 aromatic heterocycles. The predicted octanol–water partition coefficient (Wildman–Crippen LogP) is 3.77. The maximum atomic E-state index is 14.7. The molecule has 5 rings (SSSR count). The van der Waals surface area contributed by atoms with Crippen molar-refractivity contribution >= 4 is 38.3 Å². The van der Waals surface area contributed by atoms with E-state index in [1.165, 1.54) is 38.9 Å². The van der Waals surface area contributed by atoms with Crippen LogP contribution in [0.1, 0.15) is 18.9 Å². The molecule has 1 aliphatic rings. The van der Waals surface area contributed by atoms with Crippen molar-refractivity contribution in [2.75, 3.05) is 32.6 Å². The molecule has 1 aliphatic carbocycles. The van der Waals surface area contributed by atoms with E-state index >= 15 is 0 Å². The molecule has 0 amide bonds. The van der Waals surface area contributed by atoms with Crippen LogP contribution >= 0.6 is 15.9 Å². The second kappa shape index (κ2) is 10.2. The smallest absolute Gasteiger partial charge is 0.337 e. The topological polar surface area (TPSA) is 90.5 Å². The summed E-state index contributed by atoms with van der Waals surface area (Å²) in [5.41, 5.74) is -0.776. The average molecular weight is 584 g/mol. The molecule has 0 bridgehead atoms. The predicted molar refractivity (Wildman–Crippen MR) is 149 cm³/mol. The molecule has 0 unspecified atom stereocenters. The van der Waals surface area contributed by atoms with Gasteiger partial charge in [-0.05, 0) is 57.3 Å². The first-order valence-corrected chi connectivity index (χ1v) is 13.0. The van der Waals surface area contributed by atoms with E-state index < -0.39 is 22.6 Å². The molecule has 1 N–H and O–H groups in total. The van der Waals surface area contributed by atoms with Crippen LogP contribution in [-0.4, -0.2) is 45.8 Å². The zero-order valence-electron chi connectivity index (χ0n) is 21.2. The number of pyridine rings is 1. The Bertz CT molecular complexity index is 1720. The van der Waals surface area contributed by atoms with Crippen molar-refractivity contribution in [1.29, 1.82) is 0 Å². The highest BCUT2D eigenvalue weighted by Crippen LogP contribution is 2.34. The zero-order valence-corrected chi connectivity index (χ0v) is 22.8. The maximum absolute atomic E-state index is 14.7. The van der Waals surface area contributed by atoms with E-state index in [-0.39, 0.29) is 28.5 Å². The Labute approximate surface area is 225 Å². The molecule has 0 spiro atoms. The SMILES string of the molecule is CN(C)CCOc1cccc(-n2c(=O)n(C3CC3)c(=O)c3c(Nc4ccc(Br)cc4F)cc(=O)n(C)c32)c1. The van der Waals surface area contributed by atoms with Crippen LogP contribution in [-0.2, 0) is 7.05 Å². The van der Waals surface area contributed by atoms with E-state index in [1.54, 1.807) is 30.3 Å². The van der Waals surface area contributed by atoms with Crippen LogP contribution < -0.4 is 26.9 Å². The Morgan fingerprint density at radius 3 is 2.53 bits per heavy atom. The second-order valence-corrected chi connectivity index (χ2v) is 10.5. The highest BCUT2D eigenvalue weighted by molar-refractivity contribution is 9.10. The number of aromatic nitrogens is 3. The first-order valence-electron chi connectivity index (χ1n) is 12.2. The van der Waals surface area contributed by atoms with Gasteiger partial charge in [-0.1, -0.05) is 22.0 Å². The highest BCUT2D eigenvalue weighted by atomic mass is 79.9. The zero-order chi connectivity index (χ0) is 27.1. The van der Waals surface area contributed by atoms with Gasteiger partial charge in [0.15, 0.2) is 0 Å². The number of rotatable bonds is 8. The van der Waals surface area contributed by atoms with Gasteiger partial charge in [-0.25, -0.2) is 13.8 Å². The van der Waals surface area contributed by atoms with Crippen LogP contribution in [0.4, 0.5) is 15.8 Å². The summed E-state index contributed by atoms with van der Waals surface area (Å²) in [7, 11) is 5.39. The van der Waals surface area contributed by atoms with Crippen molar-refractivity contribution in [2.45, 2.75) is 18.9 Å². The number of ether oxygens (including phenoxy) is 1. The molecule has 2 aromatic carbocycles. The fraction of sp³-hybridized carbons (Fsp3) is 0.296. The van der Waals surface area contributed by atoms with Crippen molar-refractivity contribution in [3.63, 3.8) is 0 Å². The third-order valence-electron chi connectivity index (χ3n) is 6.45. The van der Waals surface area contributed by atoms with Gasteiger partial charge in [0.1, 0.15) is 29.2 Å². The number of fused-ring (bicyclic) bond motifs is 1. The van der Waals surface area contributed by atoms with Gasteiger partial charge in [0.2, 0.25) is 0 Å². The third kappa shape index (κ3) is 4.91. The molecule has 11 heteroatoms. The Kier molecular flexibility index (Phi) is 6.97. The fourth-order valence-corrected chi connectivity index (χ4v) is 4.68. The van der Waals surface area contributed by atoms with Crippen LogP contribution in [0.25, 0.3) is 16.7 Å². The normalized spacial score (nSPS) is 13.3. The number of hydrogen-bond acceptors (Lipinski definition) is 6. The number of nitrogens with zero attached hydrogens (tertiary/aromatic N) is 4. The molecule has 0 aliphatic heterocycles. The quantitative estimate of drug-likeness (QED) is 0.339. The molecule has 9 nitrogen and oxygen atoms in total. The summed E-state index contributed by atoms with van der Waals surface area (Å²) in [5, 5.41) is 3.03. The minimum absolute atomic E-state index is 0.0918. The van der Waals surface area contributed by atoms with Crippen molar-refractivity contribution in [3.05, 3.63) is 90.0 Å². The van der Waals surface area contributed by atoms with Crippen LogP contribution in [0.3, 0.4) is 0 Å². The molecular weight excluding hydrogens is 557 g/mol. The summed E-state index contributed by atoms with van der Waals surface area (Å²) in [6, 6.07) is 12.4. The third-order valence-corrected chi connectivity index (χ3v) is 6.94. The maximum Gasteiger partial charge on any atom is 0.337 e. The van der Waals surface area contributed by atoms with Crippen LogP contribution in [0.2, 0.25) is 0 Å². The lowest BCUT2D eigenvalue weighted by molar-refractivity contribution is 0.261. The van der Waals surface area contributed by atoms with E-state index in [4.69, 9.17) is 4.74 Å². The molecule has 0 saturated heterocycles. The van der Waals surface area contributed by atoms with Crippen molar-refractivity contribution in [3.8, 4) is 11.4 Å². The van der Waals surface area contributed by atoms with E-state index in [0.717, 1.165) is 0 Å². The number of halogens is 2. The number of aryl methyl sites for hydroxylation is 1. The first-order chi connectivity index (χ1) is 18.2. The molecule has 198 valence electrons. The molecule has 1 saturated carbocycles. The van der Waals surface area contributed by atoms with Gasteiger partial charge in [-0.15, -0.1) is 0 Å². The summed E-state index contributed by atoms with van der Waals surface area (Å²) in [6.07, 6.45) is 1.40. The fourth-order valence-electron chi connectivity index (χ4n) is 4.34. The van der Waals surface area contributed by atoms with E-state index in [1.807, 2.05) is 19.0 Å². The van der Waals surface area contributed by atoms with E-state index in [9.17, 15) is 18.8 Å². The molecule has 2 heterocycles. The van der Waals surface area contributed by atoms with Gasteiger partial charge in [0, 0.05) is 36.2 Å². The van der Waals surface area contributed by atoms with Gasteiger partial charge < -0.3 is 15.0 Å². The minimum Gasteiger partial charge on any atom is -0.492 e. The number of benzene rings is 2. The lowest BCUT2D eigenvalue weighted by atomic mass is 10.2. The summed E-state index contributed by atoms with van der Waals surface area (Å²) in [5.74, 6) is -0.0172. The van der Waals surface area contributed by atoms with Gasteiger partial charge in [0.25, 0.3) is 11.1 Å². The number of hydrogen-bond donors (Lipinski definition) is 1. The van der Waals surface area contributed by atoms with Crippen molar-refractivity contribution < 1.29 is 9.13 Å². The lowest BCUT2D eigenvalue weighted by Gasteiger charge is -2.19. The van der Waals surface area contributed by atoms with Crippen molar-refractivity contribution in [1.82, 2.24) is 18.6 Å². The number of anilines is 2. The standard InChI is InChI=1S/C27H27BrFN5O4/c1-31(2)11-12-38-19-6-4-5-18(14-19)33-25-24(26(36)34(27(33)37)17-8-9-17)22(15-23(35)32(25)3)30-21-10-7-16(28)13-20(21)29/h4-7,10,13-15,17,30H,8-9,11-12H2,1-3H3. The van der Waals surface area contributed by atoms with Gasteiger partial charge >= 0.3 is 5.69 Å². The van der Waals surface area contributed by atoms with Crippen molar-refractivity contribution in [2.24, 2.45) is 7.05 Å². The molecular formula is C27H27BrFN5O4. The lowest BCUT2D eigenvalue weighted by Crippen LogP contribution is -2.41. The minimum atomic E-state index is -0.563. The average Bonchev–Trinajstić information content (AvgIpc) is 3.69.